The third-order valence-corrected chi connectivity index (χ3v) is 6.81. The molecule has 6 nitrogen and oxygen atoms in total. The minimum absolute atomic E-state index is 0.0693. The first-order valence-corrected chi connectivity index (χ1v) is 11.8. The highest BCUT2D eigenvalue weighted by Gasteiger charge is 2.28. The predicted molar refractivity (Wildman–Crippen MR) is 127 cm³/mol. The molecule has 0 aliphatic carbocycles. The summed E-state index contributed by atoms with van der Waals surface area (Å²) < 4.78 is 28.6. The van der Waals surface area contributed by atoms with Gasteiger partial charge in [0.1, 0.15) is 6.54 Å². The number of anilines is 1. The summed E-state index contributed by atoms with van der Waals surface area (Å²) in [5, 5.41) is 4.29. The molecule has 160 valence electrons. The number of carbonyl (C=O) groups is 1. The molecule has 0 aromatic heterocycles. The first kappa shape index (κ1) is 23.0. The van der Waals surface area contributed by atoms with Crippen LogP contribution in [0.15, 0.2) is 87.3 Å². The summed E-state index contributed by atoms with van der Waals surface area (Å²) in [6, 6.07) is 20.2. The first-order chi connectivity index (χ1) is 14.8. The monoisotopic (exact) mass is 519 g/mol. The summed E-state index contributed by atoms with van der Waals surface area (Å²) in [4.78, 5) is 12.7. The van der Waals surface area contributed by atoms with E-state index in [9.17, 15) is 13.2 Å². The zero-order valence-electron chi connectivity index (χ0n) is 16.5. The van der Waals surface area contributed by atoms with E-state index in [2.05, 4.69) is 26.5 Å². The van der Waals surface area contributed by atoms with Crippen molar-refractivity contribution in [2.45, 2.75) is 11.8 Å². The van der Waals surface area contributed by atoms with Crippen molar-refractivity contribution in [3.8, 4) is 0 Å². The molecule has 3 rings (SSSR count). The second kappa shape index (κ2) is 10.1. The van der Waals surface area contributed by atoms with Crippen LogP contribution in [0.25, 0.3) is 0 Å². The van der Waals surface area contributed by atoms with E-state index in [0.29, 0.717) is 16.3 Å². The molecule has 0 saturated heterocycles. The van der Waals surface area contributed by atoms with Crippen molar-refractivity contribution in [1.29, 1.82) is 0 Å². The number of carbonyl (C=O) groups excluding carboxylic acids is 1. The summed E-state index contributed by atoms with van der Waals surface area (Å²) in [5.41, 5.74) is 4.14. The maximum Gasteiger partial charge on any atom is 0.264 e. The number of sulfonamides is 1. The summed E-state index contributed by atoms with van der Waals surface area (Å²) in [7, 11) is -4.02. The van der Waals surface area contributed by atoms with Crippen molar-refractivity contribution in [3.63, 3.8) is 0 Å². The van der Waals surface area contributed by atoms with Crippen LogP contribution in [0.5, 0.6) is 0 Å². The molecular weight excluding hydrogens is 502 g/mol. The topological polar surface area (TPSA) is 78.8 Å². The number of rotatable bonds is 7. The summed E-state index contributed by atoms with van der Waals surface area (Å²) >= 11 is 9.47. The summed E-state index contributed by atoms with van der Waals surface area (Å²) in [6.45, 7) is 1.29. The Balaban J connectivity index is 1.88. The van der Waals surface area contributed by atoms with Gasteiger partial charge in [0.05, 0.1) is 16.8 Å². The van der Waals surface area contributed by atoms with Gasteiger partial charge in [0, 0.05) is 9.50 Å². The zero-order chi connectivity index (χ0) is 22.4. The van der Waals surface area contributed by atoms with Crippen LogP contribution in [0.4, 0.5) is 5.69 Å². The van der Waals surface area contributed by atoms with Gasteiger partial charge >= 0.3 is 0 Å². The lowest BCUT2D eigenvalue weighted by atomic mass is 10.2. The van der Waals surface area contributed by atoms with Crippen LogP contribution in [0, 0.1) is 6.92 Å². The van der Waals surface area contributed by atoms with E-state index in [1.165, 1.54) is 24.4 Å². The Labute approximate surface area is 194 Å². The quantitative estimate of drug-likeness (QED) is 0.360. The van der Waals surface area contributed by atoms with E-state index in [1.54, 1.807) is 37.3 Å². The van der Waals surface area contributed by atoms with Crippen molar-refractivity contribution >= 4 is 55.4 Å². The molecule has 0 spiro atoms. The van der Waals surface area contributed by atoms with Gasteiger partial charge in [0.2, 0.25) is 0 Å². The number of nitrogens with one attached hydrogen (secondary N) is 1. The first-order valence-electron chi connectivity index (χ1n) is 9.19. The van der Waals surface area contributed by atoms with Gasteiger partial charge in [0.15, 0.2) is 0 Å². The number of hydrogen-bond donors (Lipinski definition) is 1. The number of aryl methyl sites for hydroxylation is 1. The maximum atomic E-state index is 13.3. The molecule has 1 amide bonds. The molecule has 0 heterocycles. The van der Waals surface area contributed by atoms with Crippen LogP contribution in [-0.4, -0.2) is 27.1 Å². The van der Waals surface area contributed by atoms with Gasteiger partial charge in [-0.15, -0.1) is 0 Å². The van der Waals surface area contributed by atoms with Crippen molar-refractivity contribution in [2.75, 3.05) is 10.8 Å². The van der Waals surface area contributed by atoms with Gasteiger partial charge in [-0.25, -0.2) is 13.8 Å². The van der Waals surface area contributed by atoms with Crippen molar-refractivity contribution in [3.05, 3.63) is 93.4 Å². The predicted octanol–water partition coefficient (Wildman–Crippen LogP) is 4.76. The van der Waals surface area contributed by atoms with Gasteiger partial charge in [-0.3, -0.25) is 9.10 Å². The van der Waals surface area contributed by atoms with E-state index in [4.69, 9.17) is 11.6 Å². The Morgan fingerprint density at radius 2 is 1.84 bits per heavy atom. The summed E-state index contributed by atoms with van der Waals surface area (Å²) in [5.74, 6) is -0.592. The lowest BCUT2D eigenvalue weighted by Gasteiger charge is -2.25. The second-order valence-electron chi connectivity index (χ2n) is 6.60. The molecule has 0 aliphatic rings. The molecule has 1 N–H and O–H groups in total. The SMILES string of the molecule is Cc1ccc(Cl)cc1N(CC(=O)N/N=C\c1cccc(Br)c1)S(=O)(=O)c1ccccc1. The Bertz CT molecular complexity index is 1220. The third kappa shape index (κ3) is 5.94. The van der Waals surface area contributed by atoms with Crippen LogP contribution < -0.4 is 9.73 Å². The van der Waals surface area contributed by atoms with Gasteiger partial charge < -0.3 is 0 Å². The fraction of sp³-hybridized carbons (Fsp3) is 0.0909. The van der Waals surface area contributed by atoms with Gasteiger partial charge in [-0.1, -0.05) is 63.9 Å². The highest BCUT2D eigenvalue weighted by molar-refractivity contribution is 9.10. The molecule has 0 atom stereocenters. The van der Waals surface area contributed by atoms with Crippen molar-refractivity contribution in [1.82, 2.24) is 5.43 Å². The molecular formula is C22H19BrClN3O3S. The molecule has 9 heteroatoms. The fourth-order valence-electron chi connectivity index (χ4n) is 2.80. The van der Waals surface area contributed by atoms with Crippen LogP contribution >= 0.6 is 27.5 Å². The molecule has 0 radical (unpaired) electrons. The molecule has 0 bridgehead atoms. The molecule has 0 saturated carbocycles. The maximum absolute atomic E-state index is 13.3. The average Bonchev–Trinajstić information content (AvgIpc) is 2.74. The molecule has 3 aromatic carbocycles. The van der Waals surface area contributed by atoms with Crippen molar-refractivity contribution in [2.24, 2.45) is 5.10 Å². The molecule has 3 aromatic rings. The lowest BCUT2D eigenvalue weighted by Crippen LogP contribution is -2.40. The number of hydrogen-bond acceptors (Lipinski definition) is 4. The number of nitrogens with zero attached hydrogens (tertiary/aromatic N) is 2. The van der Waals surface area contributed by atoms with E-state index < -0.39 is 22.5 Å². The molecule has 0 unspecified atom stereocenters. The average molecular weight is 521 g/mol. The minimum Gasteiger partial charge on any atom is -0.271 e. The van der Waals surface area contributed by atoms with Crippen LogP contribution in [0.2, 0.25) is 5.02 Å². The van der Waals surface area contributed by atoms with E-state index >= 15 is 0 Å². The Hall–Kier alpha value is -2.68. The highest BCUT2D eigenvalue weighted by atomic mass is 79.9. The largest absolute Gasteiger partial charge is 0.271 e. The number of benzene rings is 3. The number of hydrazone groups is 1. The van der Waals surface area contributed by atoms with Gasteiger partial charge in [-0.05, 0) is 54.4 Å². The number of amides is 1. The Kier molecular flexibility index (Phi) is 7.48. The normalized spacial score (nSPS) is 11.5. The smallest absolute Gasteiger partial charge is 0.264 e. The van der Waals surface area contributed by atoms with E-state index in [1.807, 2.05) is 24.3 Å². The second-order valence-corrected chi connectivity index (χ2v) is 9.82. The zero-order valence-corrected chi connectivity index (χ0v) is 19.7. The van der Waals surface area contributed by atoms with E-state index in [0.717, 1.165) is 14.3 Å². The molecule has 31 heavy (non-hydrogen) atoms. The standard InChI is InChI=1S/C22H19BrClN3O3S/c1-16-10-11-19(24)13-21(16)27(31(29,30)20-8-3-2-4-9-20)15-22(28)26-25-14-17-6-5-7-18(23)12-17/h2-14H,15H2,1H3,(H,26,28)/b25-14-. The van der Waals surface area contributed by atoms with Crippen LogP contribution in [0.1, 0.15) is 11.1 Å². The summed E-state index contributed by atoms with van der Waals surface area (Å²) in [6.07, 6.45) is 1.48. The van der Waals surface area contributed by atoms with Crippen LogP contribution in [0.3, 0.4) is 0 Å². The third-order valence-electron chi connectivity index (χ3n) is 4.31. The van der Waals surface area contributed by atoms with Gasteiger partial charge in [-0.2, -0.15) is 5.10 Å². The highest BCUT2D eigenvalue weighted by Crippen LogP contribution is 2.29. The van der Waals surface area contributed by atoms with Crippen molar-refractivity contribution < 1.29 is 13.2 Å². The molecule has 0 fully saturated rings. The van der Waals surface area contributed by atoms with Gasteiger partial charge in [0.25, 0.3) is 15.9 Å². The minimum atomic E-state index is -4.02. The Morgan fingerprint density at radius 1 is 1.10 bits per heavy atom. The Morgan fingerprint density at radius 3 is 2.55 bits per heavy atom. The number of halogens is 2. The fourth-order valence-corrected chi connectivity index (χ4v) is 4.88. The lowest BCUT2D eigenvalue weighted by molar-refractivity contribution is -0.119. The molecule has 0 aliphatic heterocycles. The van der Waals surface area contributed by atoms with Crippen LogP contribution in [-0.2, 0) is 14.8 Å². The van der Waals surface area contributed by atoms with E-state index in [-0.39, 0.29) is 4.90 Å².